The van der Waals surface area contributed by atoms with Crippen LogP contribution in [0.25, 0.3) is 0 Å². The number of nitrogens with two attached hydrogens (primary N) is 1. The summed E-state index contributed by atoms with van der Waals surface area (Å²) in [7, 11) is -3.56. The molecule has 0 aromatic carbocycles. The summed E-state index contributed by atoms with van der Waals surface area (Å²) in [4.78, 5) is 14.0. The largest absolute Gasteiger partial charge is 0.302 e. The fraction of sp³-hybridized carbons (Fsp3) is 0.286. The molecule has 0 aliphatic carbocycles. The maximum absolute atomic E-state index is 10.7. The molecule has 10 heteroatoms. The smallest absolute Gasteiger partial charge is 0.258 e. The molecule has 94 valence electrons. The Morgan fingerprint density at radius 1 is 1.59 bits per heavy atom. The van der Waals surface area contributed by atoms with Crippen molar-refractivity contribution in [3.8, 4) is 0 Å². The molecule has 0 atom stereocenters. The molecule has 0 amide bonds. The highest BCUT2D eigenvalue weighted by molar-refractivity contribution is 9.10. The van der Waals surface area contributed by atoms with Gasteiger partial charge in [0.05, 0.1) is 10.7 Å². The van der Waals surface area contributed by atoms with E-state index in [2.05, 4.69) is 20.9 Å². The molecule has 17 heavy (non-hydrogen) atoms. The summed E-state index contributed by atoms with van der Waals surface area (Å²) in [6.45, 7) is 0. The third-order valence-corrected chi connectivity index (χ3v) is 4.06. The molecule has 2 N–H and O–H groups in total. The Hall–Kier alpha value is -0.710. The minimum atomic E-state index is -3.56. The van der Waals surface area contributed by atoms with Crippen LogP contribution in [0, 0.1) is 10.1 Å². The second-order valence-corrected chi connectivity index (χ2v) is 6.68. The summed E-state index contributed by atoms with van der Waals surface area (Å²) in [6.07, 6.45) is 1.41. The second kappa shape index (κ2) is 5.76. The summed E-state index contributed by atoms with van der Waals surface area (Å²) < 4.78 is 21.9. The molecule has 1 aromatic heterocycles. The minimum Gasteiger partial charge on any atom is -0.258 e. The first-order chi connectivity index (χ1) is 7.79. The summed E-state index contributed by atoms with van der Waals surface area (Å²) in [5.74, 6) is -0.138. The Morgan fingerprint density at radius 2 is 2.24 bits per heavy atom. The lowest BCUT2D eigenvalue weighted by Crippen LogP contribution is -2.17. The standard InChI is InChI=1S/C7H8BrN3O4S2/c8-5-3-6(11(12)13)7(10-4-5)16-1-2-17(9,14)15/h3-4H,1-2H2,(H2,9,14,15). The first-order valence-electron chi connectivity index (χ1n) is 4.23. The topological polar surface area (TPSA) is 116 Å². The molecule has 0 radical (unpaired) electrons. The zero-order valence-corrected chi connectivity index (χ0v) is 11.6. The van der Waals surface area contributed by atoms with Crippen molar-refractivity contribution in [1.82, 2.24) is 4.98 Å². The number of hydrogen-bond donors (Lipinski definition) is 1. The number of pyridine rings is 1. The van der Waals surface area contributed by atoms with E-state index in [-0.39, 0.29) is 22.2 Å². The van der Waals surface area contributed by atoms with Gasteiger partial charge in [-0.1, -0.05) is 11.8 Å². The van der Waals surface area contributed by atoms with Gasteiger partial charge in [-0.25, -0.2) is 18.5 Å². The van der Waals surface area contributed by atoms with Crippen LogP contribution in [0.4, 0.5) is 5.69 Å². The van der Waals surface area contributed by atoms with Crippen LogP contribution in [0.1, 0.15) is 0 Å². The monoisotopic (exact) mass is 341 g/mol. The van der Waals surface area contributed by atoms with Crippen LogP contribution in [0.15, 0.2) is 21.8 Å². The van der Waals surface area contributed by atoms with Gasteiger partial charge in [-0.05, 0) is 15.9 Å². The summed E-state index contributed by atoms with van der Waals surface area (Å²) in [5.41, 5.74) is -0.168. The number of nitrogens with zero attached hydrogens (tertiary/aromatic N) is 2. The zero-order valence-electron chi connectivity index (χ0n) is 8.37. The number of primary sulfonamides is 1. The lowest BCUT2D eigenvalue weighted by Gasteiger charge is -2.01. The summed E-state index contributed by atoms with van der Waals surface area (Å²) >= 11 is 4.05. The number of rotatable bonds is 5. The van der Waals surface area contributed by atoms with Gasteiger partial charge in [0, 0.05) is 22.5 Å². The highest BCUT2D eigenvalue weighted by atomic mass is 79.9. The van der Waals surface area contributed by atoms with Crippen molar-refractivity contribution in [1.29, 1.82) is 0 Å². The number of halogens is 1. The fourth-order valence-corrected chi connectivity index (χ4v) is 3.10. The number of aromatic nitrogens is 1. The third-order valence-electron chi connectivity index (χ3n) is 1.60. The number of nitro groups is 1. The summed E-state index contributed by atoms with van der Waals surface area (Å²) in [6, 6.07) is 1.31. The van der Waals surface area contributed by atoms with Crippen LogP contribution < -0.4 is 5.14 Å². The van der Waals surface area contributed by atoms with Crippen LogP contribution in [0.2, 0.25) is 0 Å². The maximum Gasteiger partial charge on any atom is 0.302 e. The molecular formula is C7H8BrN3O4S2. The molecule has 1 rings (SSSR count). The van der Waals surface area contributed by atoms with Crippen LogP contribution >= 0.6 is 27.7 Å². The summed E-state index contributed by atoms with van der Waals surface area (Å²) in [5, 5.41) is 15.7. The molecule has 0 saturated heterocycles. The van der Waals surface area contributed by atoms with Crippen molar-refractivity contribution in [2.75, 3.05) is 11.5 Å². The van der Waals surface area contributed by atoms with Crippen molar-refractivity contribution in [3.63, 3.8) is 0 Å². The molecule has 7 nitrogen and oxygen atoms in total. The van der Waals surface area contributed by atoms with E-state index in [1.807, 2.05) is 0 Å². The van der Waals surface area contributed by atoms with Gasteiger partial charge in [-0.15, -0.1) is 0 Å². The predicted molar refractivity (Wildman–Crippen MR) is 67.3 cm³/mol. The number of thioether (sulfide) groups is 1. The Kier molecular flexibility index (Phi) is 4.86. The Balaban J connectivity index is 2.81. The van der Waals surface area contributed by atoms with Crippen LogP contribution in [0.5, 0.6) is 0 Å². The predicted octanol–water partition coefficient (Wildman–Crippen LogP) is 1.13. The normalized spacial score (nSPS) is 11.4. The highest BCUT2D eigenvalue weighted by Gasteiger charge is 2.16. The van der Waals surface area contributed by atoms with Gasteiger partial charge in [0.15, 0.2) is 5.03 Å². The lowest BCUT2D eigenvalue weighted by atomic mass is 10.4. The molecule has 0 aliphatic rings. The van der Waals surface area contributed by atoms with Crippen LogP contribution in [-0.4, -0.2) is 29.8 Å². The highest BCUT2D eigenvalue weighted by Crippen LogP contribution is 2.29. The van der Waals surface area contributed by atoms with Crippen molar-refractivity contribution in [2.45, 2.75) is 5.03 Å². The molecular weight excluding hydrogens is 334 g/mol. The second-order valence-electron chi connectivity index (χ2n) is 2.95. The van der Waals surface area contributed by atoms with E-state index in [0.29, 0.717) is 4.47 Å². The maximum atomic E-state index is 10.7. The van der Waals surface area contributed by atoms with Crippen molar-refractivity contribution >= 4 is 43.4 Å². The molecule has 0 unspecified atom stereocenters. The molecule has 0 fully saturated rings. The van der Waals surface area contributed by atoms with E-state index in [4.69, 9.17) is 5.14 Å². The molecule has 0 bridgehead atoms. The fourth-order valence-electron chi connectivity index (χ4n) is 0.913. The quantitative estimate of drug-likeness (QED) is 0.487. The van der Waals surface area contributed by atoms with Crippen LogP contribution in [-0.2, 0) is 10.0 Å². The van der Waals surface area contributed by atoms with E-state index >= 15 is 0 Å². The van der Waals surface area contributed by atoms with E-state index < -0.39 is 14.9 Å². The SMILES string of the molecule is NS(=O)(=O)CCSc1ncc(Br)cc1[N+](=O)[O-]. The van der Waals surface area contributed by atoms with Crippen LogP contribution in [0.3, 0.4) is 0 Å². The molecule has 1 heterocycles. The van der Waals surface area contributed by atoms with E-state index in [9.17, 15) is 18.5 Å². The van der Waals surface area contributed by atoms with Gasteiger partial charge < -0.3 is 0 Å². The molecule has 1 aromatic rings. The van der Waals surface area contributed by atoms with Gasteiger partial charge in [0.1, 0.15) is 0 Å². The Labute approximate surface area is 110 Å². The van der Waals surface area contributed by atoms with E-state index in [1.165, 1.54) is 12.3 Å². The van der Waals surface area contributed by atoms with Gasteiger partial charge >= 0.3 is 5.69 Å². The minimum absolute atomic E-state index is 0.119. The van der Waals surface area contributed by atoms with Gasteiger partial charge in [0.25, 0.3) is 0 Å². The van der Waals surface area contributed by atoms with Crippen molar-refractivity contribution in [2.24, 2.45) is 5.14 Å². The first-order valence-corrected chi connectivity index (χ1v) is 7.72. The van der Waals surface area contributed by atoms with E-state index in [0.717, 1.165) is 11.8 Å². The number of sulfonamides is 1. The average molecular weight is 342 g/mol. The van der Waals surface area contributed by atoms with E-state index in [1.54, 1.807) is 0 Å². The Bertz CT molecular complexity index is 534. The molecule has 0 aliphatic heterocycles. The average Bonchev–Trinajstić information content (AvgIpc) is 2.18. The van der Waals surface area contributed by atoms with Crippen molar-refractivity contribution in [3.05, 3.63) is 26.9 Å². The number of hydrogen-bond acceptors (Lipinski definition) is 6. The first kappa shape index (κ1) is 14.4. The Morgan fingerprint density at radius 3 is 2.76 bits per heavy atom. The third kappa shape index (κ3) is 4.98. The van der Waals surface area contributed by atoms with Gasteiger partial charge in [-0.3, -0.25) is 10.1 Å². The zero-order chi connectivity index (χ0) is 13.1. The lowest BCUT2D eigenvalue weighted by molar-refractivity contribution is -0.388. The van der Waals surface area contributed by atoms with Gasteiger partial charge in [0.2, 0.25) is 10.0 Å². The van der Waals surface area contributed by atoms with Crippen molar-refractivity contribution < 1.29 is 13.3 Å². The van der Waals surface area contributed by atoms with Gasteiger partial charge in [-0.2, -0.15) is 0 Å². The molecule has 0 spiro atoms. The molecule has 0 saturated carbocycles.